The maximum Gasteiger partial charge on any atom is 0.0596 e. The normalized spacial score (nSPS) is 10.7. The number of hydrogen-bond acceptors (Lipinski definition) is 3. The van der Waals surface area contributed by atoms with Crippen molar-refractivity contribution in [1.29, 1.82) is 0 Å². The van der Waals surface area contributed by atoms with E-state index in [2.05, 4.69) is 24.2 Å². The Morgan fingerprint density at radius 1 is 1.35 bits per heavy atom. The second-order valence-corrected chi connectivity index (χ2v) is 4.94. The molecular weight excluding hydrogens is 230 g/mol. The number of hydrogen-bond donors (Lipinski definition) is 1. The van der Waals surface area contributed by atoms with Crippen LogP contribution in [0.4, 0.5) is 5.69 Å². The number of rotatable bonds is 4. The quantitative estimate of drug-likeness (QED) is 0.667. The van der Waals surface area contributed by atoms with Gasteiger partial charge in [-0.15, -0.1) is 11.8 Å². The van der Waals surface area contributed by atoms with Crippen LogP contribution in [-0.2, 0) is 12.3 Å². The molecule has 4 heteroatoms. The summed E-state index contributed by atoms with van der Waals surface area (Å²) in [6, 6.07) is 10.1. The van der Waals surface area contributed by atoms with Crippen LogP contribution in [0.3, 0.4) is 0 Å². The molecule has 0 spiro atoms. The predicted octanol–water partition coefficient (Wildman–Crippen LogP) is 3.09. The third kappa shape index (κ3) is 2.82. The Bertz CT molecular complexity index is 505. The second kappa shape index (κ2) is 5.27. The number of thioether (sulfide) groups is 1. The minimum atomic E-state index is 0.844. The zero-order valence-electron chi connectivity index (χ0n) is 10.2. The van der Waals surface area contributed by atoms with Gasteiger partial charge in [-0.05, 0) is 32.0 Å². The summed E-state index contributed by atoms with van der Waals surface area (Å²) in [7, 11) is 0. The van der Waals surface area contributed by atoms with Crippen LogP contribution in [0.2, 0.25) is 0 Å². The van der Waals surface area contributed by atoms with Crippen molar-refractivity contribution in [3.63, 3.8) is 0 Å². The second-order valence-electron chi connectivity index (χ2n) is 3.92. The molecular formula is C13H17N3S. The molecule has 3 nitrogen and oxygen atoms in total. The summed E-state index contributed by atoms with van der Waals surface area (Å²) in [5.41, 5.74) is 9.08. The number of para-hydroxylation sites is 1. The Labute approximate surface area is 106 Å². The molecule has 2 aromatic rings. The number of nitrogens with two attached hydrogens (primary N) is 1. The van der Waals surface area contributed by atoms with Crippen LogP contribution in [0.5, 0.6) is 0 Å². The van der Waals surface area contributed by atoms with Crippen LogP contribution >= 0.6 is 11.8 Å². The van der Waals surface area contributed by atoms with Crippen molar-refractivity contribution in [2.24, 2.45) is 0 Å². The van der Waals surface area contributed by atoms with E-state index in [1.807, 2.05) is 29.8 Å². The molecule has 1 aromatic heterocycles. The molecule has 0 unspecified atom stereocenters. The molecule has 2 N–H and O–H groups in total. The molecule has 0 fully saturated rings. The zero-order valence-corrected chi connectivity index (χ0v) is 11.0. The topological polar surface area (TPSA) is 43.8 Å². The fourth-order valence-electron chi connectivity index (χ4n) is 1.75. The summed E-state index contributed by atoms with van der Waals surface area (Å²) in [6.07, 6.45) is 0. The first-order valence-electron chi connectivity index (χ1n) is 5.71. The van der Waals surface area contributed by atoms with E-state index in [1.165, 1.54) is 5.69 Å². The van der Waals surface area contributed by atoms with E-state index in [1.54, 1.807) is 11.8 Å². The number of aryl methyl sites for hydroxylation is 2. The lowest BCUT2D eigenvalue weighted by molar-refractivity contribution is 0.632. The van der Waals surface area contributed by atoms with Gasteiger partial charge in [-0.25, -0.2) is 0 Å². The zero-order chi connectivity index (χ0) is 12.3. The van der Waals surface area contributed by atoms with Crippen molar-refractivity contribution in [2.75, 3.05) is 5.73 Å². The third-order valence-corrected chi connectivity index (χ3v) is 3.70. The monoisotopic (exact) mass is 247 g/mol. The Morgan fingerprint density at radius 2 is 2.12 bits per heavy atom. The molecule has 1 aromatic carbocycles. The lowest BCUT2D eigenvalue weighted by Gasteiger charge is -2.06. The van der Waals surface area contributed by atoms with Gasteiger partial charge in [-0.3, -0.25) is 4.68 Å². The average molecular weight is 247 g/mol. The van der Waals surface area contributed by atoms with E-state index in [-0.39, 0.29) is 0 Å². The van der Waals surface area contributed by atoms with Gasteiger partial charge in [0, 0.05) is 28.6 Å². The molecule has 0 bridgehead atoms. The van der Waals surface area contributed by atoms with Crippen LogP contribution in [0.15, 0.2) is 35.2 Å². The van der Waals surface area contributed by atoms with Crippen molar-refractivity contribution in [3.8, 4) is 0 Å². The Kier molecular flexibility index (Phi) is 3.74. The van der Waals surface area contributed by atoms with Crippen molar-refractivity contribution >= 4 is 17.4 Å². The first-order chi connectivity index (χ1) is 8.20. The summed E-state index contributed by atoms with van der Waals surface area (Å²) in [5, 5.41) is 4.44. The predicted molar refractivity (Wildman–Crippen MR) is 73.1 cm³/mol. The highest BCUT2D eigenvalue weighted by Gasteiger charge is 2.05. The molecule has 2 rings (SSSR count). The minimum Gasteiger partial charge on any atom is -0.398 e. The van der Waals surface area contributed by atoms with Crippen molar-refractivity contribution < 1.29 is 0 Å². The highest BCUT2D eigenvalue weighted by molar-refractivity contribution is 7.98. The lowest BCUT2D eigenvalue weighted by atomic mass is 10.3. The molecule has 0 saturated carbocycles. The smallest absolute Gasteiger partial charge is 0.0596 e. The number of anilines is 1. The number of nitrogens with zero attached hydrogens (tertiary/aromatic N) is 2. The highest BCUT2D eigenvalue weighted by Crippen LogP contribution is 2.27. The van der Waals surface area contributed by atoms with Crippen LogP contribution in [0.25, 0.3) is 0 Å². The third-order valence-electron chi connectivity index (χ3n) is 2.58. The van der Waals surface area contributed by atoms with E-state index in [9.17, 15) is 0 Å². The SMILES string of the molecule is CCn1nc(C)cc1CSc1ccccc1N. The van der Waals surface area contributed by atoms with Gasteiger partial charge in [0.05, 0.1) is 5.69 Å². The van der Waals surface area contributed by atoms with Crippen molar-refractivity contribution in [3.05, 3.63) is 41.7 Å². The highest BCUT2D eigenvalue weighted by atomic mass is 32.2. The molecule has 0 aliphatic rings. The van der Waals surface area contributed by atoms with E-state index in [0.29, 0.717) is 0 Å². The van der Waals surface area contributed by atoms with Gasteiger partial charge in [0.15, 0.2) is 0 Å². The molecule has 0 aliphatic heterocycles. The van der Waals surface area contributed by atoms with Crippen molar-refractivity contribution in [2.45, 2.75) is 31.0 Å². The lowest BCUT2D eigenvalue weighted by Crippen LogP contribution is -2.01. The molecule has 0 aliphatic carbocycles. The van der Waals surface area contributed by atoms with Crippen LogP contribution < -0.4 is 5.73 Å². The molecule has 0 radical (unpaired) electrons. The van der Waals surface area contributed by atoms with Gasteiger partial charge < -0.3 is 5.73 Å². The molecule has 0 atom stereocenters. The first-order valence-corrected chi connectivity index (χ1v) is 6.70. The summed E-state index contributed by atoms with van der Waals surface area (Å²) >= 11 is 1.76. The van der Waals surface area contributed by atoms with Gasteiger partial charge >= 0.3 is 0 Å². The van der Waals surface area contributed by atoms with E-state index in [4.69, 9.17) is 5.73 Å². The Balaban J connectivity index is 2.09. The maximum atomic E-state index is 5.92. The Hall–Kier alpha value is -1.42. The standard InChI is InChI=1S/C13H17N3S/c1-3-16-11(8-10(2)15-16)9-17-13-7-5-4-6-12(13)14/h4-8H,3,9,14H2,1-2H3. The minimum absolute atomic E-state index is 0.844. The molecule has 0 saturated heterocycles. The van der Waals surface area contributed by atoms with Gasteiger partial charge in [-0.2, -0.15) is 5.10 Å². The fourth-order valence-corrected chi connectivity index (χ4v) is 2.70. The van der Waals surface area contributed by atoms with Crippen LogP contribution in [0.1, 0.15) is 18.3 Å². The summed E-state index contributed by atoms with van der Waals surface area (Å²) < 4.78 is 2.04. The number of aromatic nitrogens is 2. The van der Waals surface area contributed by atoms with Gasteiger partial charge in [0.2, 0.25) is 0 Å². The van der Waals surface area contributed by atoms with Crippen LogP contribution in [0, 0.1) is 6.92 Å². The van der Waals surface area contributed by atoms with Gasteiger partial charge in [-0.1, -0.05) is 12.1 Å². The van der Waals surface area contributed by atoms with E-state index in [0.717, 1.165) is 28.6 Å². The largest absolute Gasteiger partial charge is 0.398 e. The number of nitrogen functional groups attached to an aromatic ring is 1. The van der Waals surface area contributed by atoms with Gasteiger partial charge in [0.1, 0.15) is 0 Å². The van der Waals surface area contributed by atoms with E-state index >= 15 is 0 Å². The molecule has 17 heavy (non-hydrogen) atoms. The van der Waals surface area contributed by atoms with E-state index < -0.39 is 0 Å². The van der Waals surface area contributed by atoms with Crippen LogP contribution in [-0.4, -0.2) is 9.78 Å². The molecule has 90 valence electrons. The average Bonchev–Trinajstić information content (AvgIpc) is 2.69. The van der Waals surface area contributed by atoms with Gasteiger partial charge in [0.25, 0.3) is 0 Å². The summed E-state index contributed by atoms with van der Waals surface area (Å²) in [6.45, 7) is 5.04. The molecule has 1 heterocycles. The van der Waals surface area contributed by atoms with Crippen molar-refractivity contribution in [1.82, 2.24) is 9.78 Å². The maximum absolute atomic E-state index is 5.92. The summed E-state index contributed by atoms with van der Waals surface area (Å²) in [5.74, 6) is 0.906. The fraction of sp³-hybridized carbons (Fsp3) is 0.308. The Morgan fingerprint density at radius 3 is 2.82 bits per heavy atom. The first kappa shape index (κ1) is 12.0. The number of benzene rings is 1. The summed E-state index contributed by atoms with van der Waals surface area (Å²) in [4.78, 5) is 1.13. The molecule has 0 amide bonds.